The molecule has 1 radical (unpaired) electrons. The van der Waals surface area contributed by atoms with Crippen molar-refractivity contribution >= 4 is 0 Å². The molecule has 0 N–H and O–H groups in total. The minimum absolute atomic E-state index is 0.262. The Morgan fingerprint density at radius 3 is 1.90 bits per heavy atom. The van der Waals surface area contributed by atoms with E-state index in [0.717, 1.165) is 0 Å². The zero-order valence-electron chi connectivity index (χ0n) is 7.19. The molecule has 1 aliphatic carbocycles. The van der Waals surface area contributed by atoms with Crippen LogP contribution in [0.3, 0.4) is 0 Å². The summed E-state index contributed by atoms with van der Waals surface area (Å²) < 4.78 is 0. The smallest absolute Gasteiger partial charge is 0.0204 e. The Kier molecular flexibility index (Phi) is 2.35. The SMILES string of the molecule is [CH2]C1(N(C)C)CCCCC1. The molecule has 59 valence electrons. The van der Waals surface area contributed by atoms with Crippen LogP contribution in [0.2, 0.25) is 0 Å². The van der Waals surface area contributed by atoms with Gasteiger partial charge in [0.1, 0.15) is 0 Å². The molecule has 0 aliphatic heterocycles. The largest absolute Gasteiger partial charge is 0.304 e. The normalized spacial score (nSPS) is 25.2. The number of nitrogens with zero attached hydrogens (tertiary/aromatic N) is 1. The molecular weight excluding hydrogens is 122 g/mol. The fourth-order valence-corrected chi connectivity index (χ4v) is 1.66. The molecule has 0 bridgehead atoms. The molecule has 1 nitrogen and oxygen atoms in total. The maximum absolute atomic E-state index is 4.25. The van der Waals surface area contributed by atoms with Crippen molar-refractivity contribution in [3.05, 3.63) is 6.92 Å². The second kappa shape index (κ2) is 2.91. The van der Waals surface area contributed by atoms with Crippen LogP contribution < -0.4 is 0 Å². The van der Waals surface area contributed by atoms with Crippen LogP contribution in [0.5, 0.6) is 0 Å². The first-order valence-corrected chi connectivity index (χ1v) is 4.18. The summed E-state index contributed by atoms with van der Waals surface area (Å²) in [7, 11) is 4.27. The summed E-state index contributed by atoms with van der Waals surface area (Å²) in [6, 6.07) is 0. The van der Waals surface area contributed by atoms with E-state index in [0.29, 0.717) is 0 Å². The lowest BCUT2D eigenvalue weighted by molar-refractivity contribution is 0.148. The maximum Gasteiger partial charge on any atom is 0.0204 e. The predicted molar refractivity (Wildman–Crippen MR) is 44.9 cm³/mol. The Balaban J connectivity index is 2.48. The molecule has 0 aromatic heterocycles. The quantitative estimate of drug-likeness (QED) is 0.539. The molecule has 0 spiro atoms. The van der Waals surface area contributed by atoms with Crippen molar-refractivity contribution < 1.29 is 0 Å². The first kappa shape index (κ1) is 8.06. The van der Waals surface area contributed by atoms with Gasteiger partial charge in [0.05, 0.1) is 0 Å². The highest BCUT2D eigenvalue weighted by Gasteiger charge is 2.28. The van der Waals surface area contributed by atoms with Gasteiger partial charge in [-0.1, -0.05) is 19.3 Å². The van der Waals surface area contributed by atoms with Crippen molar-refractivity contribution in [1.29, 1.82) is 0 Å². The first-order valence-electron chi connectivity index (χ1n) is 4.18. The molecule has 0 heterocycles. The van der Waals surface area contributed by atoms with Crippen LogP contribution in [0.1, 0.15) is 32.1 Å². The first-order chi connectivity index (χ1) is 4.65. The van der Waals surface area contributed by atoms with E-state index in [9.17, 15) is 0 Å². The Hall–Kier alpha value is -0.0400. The highest BCUT2D eigenvalue weighted by molar-refractivity contribution is 4.92. The standard InChI is InChI=1S/C9H18N/c1-9(10(2)3)7-5-4-6-8-9/h1,4-8H2,2-3H3. The lowest BCUT2D eigenvalue weighted by Gasteiger charge is -2.39. The minimum atomic E-state index is 0.262. The van der Waals surface area contributed by atoms with E-state index in [-0.39, 0.29) is 5.54 Å². The molecule has 1 rings (SSSR count). The highest BCUT2D eigenvalue weighted by Crippen LogP contribution is 2.30. The third-order valence-electron chi connectivity index (χ3n) is 2.73. The summed E-state index contributed by atoms with van der Waals surface area (Å²) in [5.41, 5.74) is 0.262. The highest BCUT2D eigenvalue weighted by atomic mass is 15.1. The van der Waals surface area contributed by atoms with Gasteiger partial charge in [0.25, 0.3) is 0 Å². The van der Waals surface area contributed by atoms with E-state index in [4.69, 9.17) is 0 Å². The topological polar surface area (TPSA) is 3.24 Å². The Bertz CT molecular complexity index is 101. The molecule has 0 aromatic rings. The maximum atomic E-state index is 4.25. The van der Waals surface area contributed by atoms with Gasteiger partial charge in [-0.15, -0.1) is 0 Å². The molecule has 10 heavy (non-hydrogen) atoms. The fourth-order valence-electron chi connectivity index (χ4n) is 1.66. The average molecular weight is 140 g/mol. The molecular formula is C9H18N. The molecule has 0 saturated heterocycles. The van der Waals surface area contributed by atoms with Crippen molar-refractivity contribution in [2.24, 2.45) is 0 Å². The van der Waals surface area contributed by atoms with Crippen molar-refractivity contribution in [3.63, 3.8) is 0 Å². The van der Waals surface area contributed by atoms with E-state index in [1.165, 1.54) is 32.1 Å². The number of hydrogen-bond acceptors (Lipinski definition) is 1. The van der Waals surface area contributed by atoms with E-state index in [1.807, 2.05) is 0 Å². The van der Waals surface area contributed by atoms with Crippen LogP contribution in [-0.4, -0.2) is 24.5 Å². The van der Waals surface area contributed by atoms with Gasteiger partial charge >= 0.3 is 0 Å². The van der Waals surface area contributed by atoms with Gasteiger partial charge in [0.15, 0.2) is 0 Å². The van der Waals surface area contributed by atoms with Crippen molar-refractivity contribution in [2.45, 2.75) is 37.6 Å². The Morgan fingerprint density at radius 1 is 1.10 bits per heavy atom. The van der Waals surface area contributed by atoms with Crippen molar-refractivity contribution in [1.82, 2.24) is 4.90 Å². The van der Waals surface area contributed by atoms with Gasteiger partial charge in [0.2, 0.25) is 0 Å². The van der Waals surface area contributed by atoms with Gasteiger partial charge in [-0.3, -0.25) is 0 Å². The zero-order valence-corrected chi connectivity index (χ0v) is 7.19. The van der Waals surface area contributed by atoms with Crippen molar-refractivity contribution in [2.75, 3.05) is 14.1 Å². The van der Waals surface area contributed by atoms with E-state index >= 15 is 0 Å². The van der Waals surface area contributed by atoms with E-state index in [1.54, 1.807) is 0 Å². The molecule has 1 aliphatic rings. The lowest BCUT2D eigenvalue weighted by Crippen LogP contribution is -2.42. The summed E-state index contributed by atoms with van der Waals surface area (Å²) in [5.74, 6) is 0. The summed E-state index contributed by atoms with van der Waals surface area (Å²) in [6.07, 6.45) is 6.69. The molecule has 0 amide bonds. The van der Waals surface area contributed by atoms with Gasteiger partial charge in [-0.05, 0) is 33.9 Å². The fraction of sp³-hybridized carbons (Fsp3) is 0.889. The minimum Gasteiger partial charge on any atom is -0.304 e. The summed E-state index contributed by atoms with van der Waals surface area (Å²) in [5, 5.41) is 0. The summed E-state index contributed by atoms with van der Waals surface area (Å²) in [6.45, 7) is 4.25. The van der Waals surface area contributed by atoms with Gasteiger partial charge in [0, 0.05) is 5.54 Å². The molecule has 0 aromatic carbocycles. The molecule has 1 fully saturated rings. The third-order valence-corrected chi connectivity index (χ3v) is 2.73. The van der Waals surface area contributed by atoms with E-state index < -0.39 is 0 Å². The Labute approximate surface area is 64.4 Å². The molecule has 1 saturated carbocycles. The van der Waals surface area contributed by atoms with Crippen LogP contribution in [0.15, 0.2) is 0 Å². The van der Waals surface area contributed by atoms with Crippen LogP contribution in [-0.2, 0) is 0 Å². The summed E-state index contributed by atoms with van der Waals surface area (Å²) in [4.78, 5) is 2.27. The average Bonchev–Trinajstić information content (AvgIpc) is 1.89. The second-order valence-electron chi connectivity index (χ2n) is 3.68. The third kappa shape index (κ3) is 1.51. The van der Waals surface area contributed by atoms with Crippen LogP contribution >= 0.6 is 0 Å². The zero-order chi connectivity index (χ0) is 7.61. The van der Waals surface area contributed by atoms with Gasteiger partial charge in [-0.25, -0.2) is 0 Å². The number of hydrogen-bond donors (Lipinski definition) is 0. The summed E-state index contributed by atoms with van der Waals surface area (Å²) >= 11 is 0. The lowest BCUT2D eigenvalue weighted by atomic mass is 9.82. The predicted octanol–water partition coefficient (Wildman–Crippen LogP) is 2.08. The van der Waals surface area contributed by atoms with Crippen LogP contribution in [0.25, 0.3) is 0 Å². The van der Waals surface area contributed by atoms with Crippen LogP contribution in [0.4, 0.5) is 0 Å². The van der Waals surface area contributed by atoms with E-state index in [2.05, 4.69) is 25.9 Å². The Morgan fingerprint density at radius 2 is 1.60 bits per heavy atom. The molecule has 1 heteroatoms. The monoisotopic (exact) mass is 140 g/mol. The molecule has 0 atom stereocenters. The van der Waals surface area contributed by atoms with Crippen molar-refractivity contribution in [3.8, 4) is 0 Å². The van der Waals surface area contributed by atoms with Gasteiger partial charge < -0.3 is 4.90 Å². The number of rotatable bonds is 1. The van der Waals surface area contributed by atoms with Crippen LogP contribution in [0, 0.1) is 6.92 Å². The van der Waals surface area contributed by atoms with Gasteiger partial charge in [-0.2, -0.15) is 0 Å². The second-order valence-corrected chi connectivity index (χ2v) is 3.68. The molecule has 0 unspecified atom stereocenters.